The second-order valence-corrected chi connectivity index (χ2v) is 18.2. The van der Waals surface area contributed by atoms with Crippen LogP contribution in [0.25, 0.3) is 126 Å². The average Bonchev–Trinajstić information content (AvgIpc) is 3.95. The third-order valence-corrected chi connectivity index (χ3v) is 14.2. The third kappa shape index (κ3) is 6.88. The number of aromatic nitrogens is 4. The van der Waals surface area contributed by atoms with Crippen LogP contribution in [0.4, 0.5) is 0 Å². The summed E-state index contributed by atoms with van der Waals surface area (Å²) in [6.45, 7) is 0. The van der Waals surface area contributed by atoms with E-state index in [0.717, 1.165) is 44.6 Å². The topological polar surface area (TPSA) is 43.6 Å². The minimum absolute atomic E-state index is 0.613. The highest BCUT2D eigenvalue weighted by atomic mass is 32.1. The van der Waals surface area contributed by atoms with E-state index in [1.54, 1.807) is 0 Å². The van der Waals surface area contributed by atoms with Crippen LogP contribution < -0.4 is 0 Å². The molecule has 13 aromatic rings. The van der Waals surface area contributed by atoms with Crippen molar-refractivity contribution in [2.24, 2.45) is 0 Å². The number of hydrogen-bond donors (Lipinski definition) is 0. The number of rotatable bonds is 8. The number of para-hydroxylation sites is 2. The Morgan fingerprint density at radius 2 is 0.809 bits per heavy atom. The van der Waals surface area contributed by atoms with Gasteiger partial charge < -0.3 is 4.57 Å². The molecule has 13 rings (SSSR count). The summed E-state index contributed by atoms with van der Waals surface area (Å²) in [6.07, 6.45) is 0. The number of nitrogens with zero attached hydrogens (tertiary/aromatic N) is 4. The molecule has 3 heterocycles. The zero-order chi connectivity index (χ0) is 45.0. The van der Waals surface area contributed by atoms with Gasteiger partial charge in [-0.3, -0.25) is 0 Å². The van der Waals surface area contributed by atoms with Gasteiger partial charge in [-0.2, -0.15) is 0 Å². The Hall–Kier alpha value is -8.77. The van der Waals surface area contributed by atoms with E-state index < -0.39 is 0 Å². The van der Waals surface area contributed by atoms with E-state index in [9.17, 15) is 0 Å². The molecule has 68 heavy (non-hydrogen) atoms. The van der Waals surface area contributed by atoms with Crippen molar-refractivity contribution < 1.29 is 0 Å². The second-order valence-electron chi connectivity index (χ2n) is 17.1. The van der Waals surface area contributed by atoms with E-state index >= 15 is 0 Å². The molecule has 3 aromatic heterocycles. The second kappa shape index (κ2) is 16.6. The number of fused-ring (bicyclic) bond motifs is 6. The highest BCUT2D eigenvalue weighted by molar-refractivity contribution is 7.26. The lowest BCUT2D eigenvalue weighted by molar-refractivity contribution is 1.07. The van der Waals surface area contributed by atoms with Gasteiger partial charge in [0.15, 0.2) is 17.5 Å². The molecule has 0 radical (unpaired) electrons. The summed E-state index contributed by atoms with van der Waals surface area (Å²) in [5.41, 5.74) is 15.4. The predicted molar refractivity (Wildman–Crippen MR) is 285 cm³/mol. The molecule has 0 aliphatic heterocycles. The normalized spacial score (nSPS) is 11.5. The quantitative estimate of drug-likeness (QED) is 0.153. The first-order valence-electron chi connectivity index (χ1n) is 22.9. The van der Waals surface area contributed by atoms with E-state index in [0.29, 0.717) is 17.5 Å². The molecule has 0 fully saturated rings. The molecule has 0 saturated heterocycles. The summed E-state index contributed by atoms with van der Waals surface area (Å²) < 4.78 is 4.88. The van der Waals surface area contributed by atoms with Crippen LogP contribution in [-0.2, 0) is 0 Å². The van der Waals surface area contributed by atoms with Crippen LogP contribution in [-0.4, -0.2) is 19.5 Å². The summed E-state index contributed by atoms with van der Waals surface area (Å²) in [5, 5.41) is 4.93. The van der Waals surface area contributed by atoms with Crippen LogP contribution >= 0.6 is 11.3 Å². The molecule has 0 spiro atoms. The Balaban J connectivity index is 1.08. The third-order valence-electron chi connectivity index (χ3n) is 13.1. The van der Waals surface area contributed by atoms with Crippen LogP contribution in [0.5, 0.6) is 0 Å². The Morgan fingerprint density at radius 1 is 0.279 bits per heavy atom. The van der Waals surface area contributed by atoms with E-state index in [1.807, 2.05) is 47.7 Å². The highest BCUT2D eigenvalue weighted by Gasteiger charge is 2.22. The zero-order valence-electron chi connectivity index (χ0n) is 36.8. The van der Waals surface area contributed by atoms with Gasteiger partial charge >= 0.3 is 0 Å². The van der Waals surface area contributed by atoms with Crippen molar-refractivity contribution in [1.29, 1.82) is 0 Å². The molecule has 5 heteroatoms. The van der Waals surface area contributed by atoms with Crippen LogP contribution in [0.2, 0.25) is 0 Å². The predicted octanol–water partition coefficient (Wildman–Crippen LogP) is 17.0. The van der Waals surface area contributed by atoms with Gasteiger partial charge in [0.25, 0.3) is 0 Å². The molecule has 4 nitrogen and oxygen atoms in total. The summed E-state index contributed by atoms with van der Waals surface area (Å²) >= 11 is 1.85. The lowest BCUT2D eigenvalue weighted by Crippen LogP contribution is -2.01. The van der Waals surface area contributed by atoms with Crippen molar-refractivity contribution >= 4 is 53.3 Å². The first-order chi connectivity index (χ1) is 33.7. The summed E-state index contributed by atoms with van der Waals surface area (Å²) in [7, 11) is 0. The minimum atomic E-state index is 0.613. The monoisotopic (exact) mass is 884 g/mol. The number of thiophene rings is 1. The lowest BCUT2D eigenvalue weighted by Gasteiger charge is -2.16. The van der Waals surface area contributed by atoms with Crippen LogP contribution in [0.1, 0.15) is 0 Å². The van der Waals surface area contributed by atoms with Crippen LogP contribution in [0.15, 0.2) is 243 Å². The molecule has 0 saturated carbocycles. The molecule has 10 aromatic carbocycles. The van der Waals surface area contributed by atoms with Crippen LogP contribution in [0, 0.1) is 0 Å². The molecule has 0 bridgehead atoms. The molecule has 0 aliphatic carbocycles. The van der Waals surface area contributed by atoms with Gasteiger partial charge in [-0.15, -0.1) is 11.3 Å². The Morgan fingerprint density at radius 3 is 1.46 bits per heavy atom. The maximum absolute atomic E-state index is 5.36. The van der Waals surface area contributed by atoms with Crippen molar-refractivity contribution in [3.05, 3.63) is 243 Å². The van der Waals surface area contributed by atoms with Crippen molar-refractivity contribution in [2.45, 2.75) is 0 Å². The standard InChI is InChI=1S/C63H40N4S/c1-6-19-41(20-7-1)48-35-33-45(37-52(48)42-21-8-2-9-22-42)46-34-36-49(54(38-46)63-65-61(43-23-10-3-11-24-43)64-62(66-63)44-25-12-4-13-26-44)51-30-18-32-58-60(51)55-39-57-53(40-59(55)68-58)50-29-16-17-31-56(50)67(57)47-27-14-5-15-28-47/h1-40H. The van der Waals surface area contributed by atoms with Crippen molar-refractivity contribution in [3.8, 4) is 84.4 Å². The molecule has 0 unspecified atom stereocenters. The summed E-state index contributed by atoms with van der Waals surface area (Å²) in [5.74, 6) is 1.86. The first-order valence-corrected chi connectivity index (χ1v) is 23.7. The van der Waals surface area contributed by atoms with E-state index in [1.165, 1.54) is 64.2 Å². The largest absolute Gasteiger partial charge is 0.309 e. The van der Waals surface area contributed by atoms with E-state index in [2.05, 4.69) is 211 Å². The van der Waals surface area contributed by atoms with Gasteiger partial charge in [-0.1, -0.05) is 194 Å². The van der Waals surface area contributed by atoms with E-state index in [-0.39, 0.29) is 0 Å². The van der Waals surface area contributed by atoms with Crippen LogP contribution in [0.3, 0.4) is 0 Å². The van der Waals surface area contributed by atoms with Gasteiger partial charge in [-0.05, 0) is 93.0 Å². The fourth-order valence-electron chi connectivity index (χ4n) is 9.89. The molecule has 0 amide bonds. The maximum atomic E-state index is 5.36. The minimum Gasteiger partial charge on any atom is -0.309 e. The SMILES string of the molecule is c1ccc(-c2nc(-c3ccccc3)nc(-c3cc(-c4ccc(-c5ccccc5)c(-c5ccccc5)c4)ccc3-c3cccc4sc5cc6c7ccccc7n(-c7ccccc7)c6cc5c34)n2)cc1. The molecule has 0 aliphatic rings. The zero-order valence-corrected chi connectivity index (χ0v) is 37.6. The molecule has 0 atom stereocenters. The van der Waals surface area contributed by atoms with Gasteiger partial charge in [0.2, 0.25) is 0 Å². The smallest absolute Gasteiger partial charge is 0.164 e. The fraction of sp³-hybridized carbons (Fsp3) is 0. The molecule has 0 N–H and O–H groups in total. The summed E-state index contributed by atoms with van der Waals surface area (Å²) in [4.78, 5) is 15.8. The Labute approximate surface area is 397 Å². The Bertz CT molecular complexity index is 3940. The molecule has 318 valence electrons. The lowest BCUT2D eigenvalue weighted by atomic mass is 9.89. The highest BCUT2D eigenvalue weighted by Crippen LogP contribution is 2.47. The van der Waals surface area contributed by atoms with Crippen molar-refractivity contribution in [3.63, 3.8) is 0 Å². The van der Waals surface area contributed by atoms with Gasteiger partial charge in [0, 0.05) is 53.3 Å². The van der Waals surface area contributed by atoms with Crippen molar-refractivity contribution in [2.75, 3.05) is 0 Å². The molecular formula is C63H40N4S. The Kier molecular flexibility index (Phi) is 9.66. The summed E-state index contributed by atoms with van der Waals surface area (Å²) in [6, 6.07) is 86.5. The van der Waals surface area contributed by atoms with Gasteiger partial charge in [0.05, 0.1) is 11.0 Å². The number of benzene rings is 10. The van der Waals surface area contributed by atoms with Crippen molar-refractivity contribution in [1.82, 2.24) is 19.5 Å². The average molecular weight is 885 g/mol. The first kappa shape index (κ1) is 39.6. The molecular weight excluding hydrogens is 845 g/mol. The number of hydrogen-bond acceptors (Lipinski definition) is 4. The maximum Gasteiger partial charge on any atom is 0.164 e. The van der Waals surface area contributed by atoms with Gasteiger partial charge in [-0.25, -0.2) is 15.0 Å². The van der Waals surface area contributed by atoms with Gasteiger partial charge in [0.1, 0.15) is 0 Å². The fourth-order valence-corrected chi connectivity index (χ4v) is 11.0. The van der Waals surface area contributed by atoms with E-state index in [4.69, 9.17) is 15.0 Å².